The molecule has 4 heteroatoms. The number of benzene rings is 1. The molecule has 0 aliphatic rings. The molecule has 0 unspecified atom stereocenters. The second-order valence-electron chi connectivity index (χ2n) is 4.92. The molecule has 0 amide bonds. The lowest BCUT2D eigenvalue weighted by molar-refractivity contribution is 0.686. The van der Waals surface area contributed by atoms with E-state index in [2.05, 4.69) is 51.7 Å². The average Bonchev–Trinajstić information content (AvgIpc) is 3.08. The Hall–Kier alpha value is -2.46. The van der Waals surface area contributed by atoms with Gasteiger partial charge in [0.1, 0.15) is 0 Å². The van der Waals surface area contributed by atoms with E-state index in [0.29, 0.717) is 0 Å². The third-order valence-electron chi connectivity index (χ3n) is 3.41. The van der Waals surface area contributed by atoms with Crippen LogP contribution in [0.4, 0.5) is 0 Å². The largest absolute Gasteiger partial charge is 0.312 e. The van der Waals surface area contributed by atoms with Gasteiger partial charge < -0.3 is 9.88 Å². The molecule has 1 aromatic carbocycles. The van der Waals surface area contributed by atoms with E-state index < -0.39 is 0 Å². The van der Waals surface area contributed by atoms with Gasteiger partial charge >= 0.3 is 0 Å². The molecular formula is C17H18N4. The number of rotatable bonds is 6. The molecule has 0 aliphatic carbocycles. The second-order valence-corrected chi connectivity index (χ2v) is 4.92. The van der Waals surface area contributed by atoms with Crippen LogP contribution in [-0.4, -0.2) is 21.1 Å². The number of hydrogen-bond donors (Lipinski definition) is 1. The summed E-state index contributed by atoms with van der Waals surface area (Å²) in [6.07, 6.45) is 10.2. The van der Waals surface area contributed by atoms with Gasteiger partial charge in [-0.3, -0.25) is 4.98 Å². The maximum Gasteiger partial charge on any atom is 0.0991 e. The van der Waals surface area contributed by atoms with Gasteiger partial charge in [0, 0.05) is 37.0 Å². The zero-order valence-corrected chi connectivity index (χ0v) is 11.8. The molecule has 0 radical (unpaired) electrons. The minimum atomic E-state index is 0.884. The normalized spacial score (nSPS) is 10.7. The second kappa shape index (κ2) is 6.81. The van der Waals surface area contributed by atoms with Crippen molar-refractivity contribution in [3.05, 3.63) is 78.6 Å². The van der Waals surface area contributed by atoms with E-state index in [1.54, 1.807) is 6.20 Å². The van der Waals surface area contributed by atoms with Crippen molar-refractivity contribution >= 4 is 0 Å². The summed E-state index contributed by atoms with van der Waals surface area (Å²) in [6, 6.07) is 12.6. The summed E-state index contributed by atoms with van der Waals surface area (Å²) in [7, 11) is 0. The van der Waals surface area contributed by atoms with Crippen molar-refractivity contribution in [3.63, 3.8) is 0 Å². The van der Waals surface area contributed by atoms with Gasteiger partial charge in [-0.1, -0.05) is 12.1 Å². The van der Waals surface area contributed by atoms with Crippen LogP contribution in [0.2, 0.25) is 0 Å². The van der Waals surface area contributed by atoms with E-state index in [0.717, 1.165) is 25.2 Å². The summed E-state index contributed by atoms with van der Waals surface area (Å²) >= 11 is 0. The molecule has 0 saturated carbocycles. The van der Waals surface area contributed by atoms with Crippen LogP contribution in [0.25, 0.3) is 5.69 Å². The molecule has 0 aliphatic heterocycles. The SMILES string of the molecule is c1cc(CCNCc2ccc(-n3ccnc3)cc2)ccn1. The Balaban J connectivity index is 1.47. The van der Waals surface area contributed by atoms with Crippen LogP contribution in [0, 0.1) is 0 Å². The van der Waals surface area contributed by atoms with Gasteiger partial charge in [-0.25, -0.2) is 4.98 Å². The zero-order valence-electron chi connectivity index (χ0n) is 11.8. The third-order valence-corrected chi connectivity index (χ3v) is 3.41. The molecule has 1 N–H and O–H groups in total. The van der Waals surface area contributed by atoms with Gasteiger partial charge in [0.25, 0.3) is 0 Å². The van der Waals surface area contributed by atoms with Gasteiger partial charge in [-0.2, -0.15) is 0 Å². The number of nitrogens with one attached hydrogen (secondary N) is 1. The van der Waals surface area contributed by atoms with Crippen LogP contribution in [0.5, 0.6) is 0 Å². The van der Waals surface area contributed by atoms with Gasteiger partial charge in [-0.15, -0.1) is 0 Å². The monoisotopic (exact) mass is 278 g/mol. The van der Waals surface area contributed by atoms with Crippen molar-refractivity contribution in [1.82, 2.24) is 19.9 Å². The molecular weight excluding hydrogens is 260 g/mol. The van der Waals surface area contributed by atoms with Crippen LogP contribution < -0.4 is 5.32 Å². The Morgan fingerprint density at radius 1 is 0.857 bits per heavy atom. The summed E-state index contributed by atoms with van der Waals surface area (Å²) in [5, 5.41) is 3.46. The Labute approximate surface area is 124 Å². The Morgan fingerprint density at radius 2 is 1.67 bits per heavy atom. The van der Waals surface area contributed by atoms with Crippen molar-refractivity contribution in [2.75, 3.05) is 6.54 Å². The predicted molar refractivity (Wildman–Crippen MR) is 83.2 cm³/mol. The molecule has 0 bridgehead atoms. The lowest BCUT2D eigenvalue weighted by Gasteiger charge is -2.07. The van der Waals surface area contributed by atoms with Crippen molar-refractivity contribution < 1.29 is 0 Å². The lowest BCUT2D eigenvalue weighted by atomic mass is 10.2. The fourth-order valence-corrected chi connectivity index (χ4v) is 2.21. The van der Waals surface area contributed by atoms with E-state index in [1.807, 2.05) is 29.5 Å². The van der Waals surface area contributed by atoms with Crippen molar-refractivity contribution in [1.29, 1.82) is 0 Å². The zero-order chi connectivity index (χ0) is 14.3. The minimum absolute atomic E-state index is 0.884. The maximum atomic E-state index is 4.06. The highest BCUT2D eigenvalue weighted by Gasteiger charge is 1.97. The molecule has 3 aromatic rings. The molecule has 3 rings (SSSR count). The number of imidazole rings is 1. The van der Waals surface area contributed by atoms with Gasteiger partial charge in [0.2, 0.25) is 0 Å². The Bertz CT molecular complexity index is 645. The first-order chi connectivity index (χ1) is 10.4. The highest BCUT2D eigenvalue weighted by molar-refractivity contribution is 5.34. The number of nitrogens with zero attached hydrogens (tertiary/aromatic N) is 3. The van der Waals surface area contributed by atoms with Crippen LogP contribution >= 0.6 is 0 Å². The average molecular weight is 278 g/mol. The Morgan fingerprint density at radius 3 is 2.38 bits per heavy atom. The van der Waals surface area contributed by atoms with E-state index in [1.165, 1.54) is 11.1 Å². The van der Waals surface area contributed by atoms with E-state index >= 15 is 0 Å². The maximum absolute atomic E-state index is 4.06. The third kappa shape index (κ3) is 3.77. The Kier molecular flexibility index (Phi) is 4.39. The number of hydrogen-bond acceptors (Lipinski definition) is 3. The molecule has 0 saturated heterocycles. The first-order valence-electron chi connectivity index (χ1n) is 7.09. The van der Waals surface area contributed by atoms with E-state index in [-0.39, 0.29) is 0 Å². The summed E-state index contributed by atoms with van der Waals surface area (Å²) in [5.41, 5.74) is 3.73. The van der Waals surface area contributed by atoms with Crippen molar-refractivity contribution in [2.45, 2.75) is 13.0 Å². The van der Waals surface area contributed by atoms with Gasteiger partial charge in [0.15, 0.2) is 0 Å². The summed E-state index contributed by atoms with van der Waals surface area (Å²) in [6.45, 7) is 1.85. The predicted octanol–water partition coefficient (Wildman–Crippen LogP) is 2.60. The number of aromatic nitrogens is 3. The lowest BCUT2D eigenvalue weighted by Crippen LogP contribution is -2.16. The van der Waals surface area contributed by atoms with E-state index in [4.69, 9.17) is 0 Å². The summed E-state index contributed by atoms with van der Waals surface area (Å²) in [4.78, 5) is 8.08. The summed E-state index contributed by atoms with van der Waals surface area (Å²) in [5.74, 6) is 0. The molecule has 2 aromatic heterocycles. The molecule has 21 heavy (non-hydrogen) atoms. The molecule has 4 nitrogen and oxygen atoms in total. The fourth-order valence-electron chi connectivity index (χ4n) is 2.21. The van der Waals surface area contributed by atoms with Crippen LogP contribution in [-0.2, 0) is 13.0 Å². The molecule has 0 spiro atoms. The van der Waals surface area contributed by atoms with Crippen molar-refractivity contribution in [2.24, 2.45) is 0 Å². The molecule has 0 fully saturated rings. The van der Waals surface area contributed by atoms with Gasteiger partial charge in [-0.05, 0) is 48.4 Å². The minimum Gasteiger partial charge on any atom is -0.312 e. The standard InChI is InChI=1S/C17H18N4/c1-3-17(21-12-11-20-14-21)4-2-16(1)13-19-10-7-15-5-8-18-9-6-15/h1-6,8-9,11-12,14,19H,7,10,13H2. The van der Waals surface area contributed by atoms with Crippen LogP contribution in [0.15, 0.2) is 67.5 Å². The smallest absolute Gasteiger partial charge is 0.0991 e. The highest BCUT2D eigenvalue weighted by Crippen LogP contribution is 2.09. The van der Waals surface area contributed by atoms with Crippen molar-refractivity contribution in [3.8, 4) is 5.69 Å². The molecule has 106 valence electrons. The van der Waals surface area contributed by atoms with Gasteiger partial charge in [0.05, 0.1) is 6.33 Å². The first kappa shape index (κ1) is 13.5. The molecule has 0 atom stereocenters. The quantitative estimate of drug-likeness (QED) is 0.705. The highest BCUT2D eigenvalue weighted by atomic mass is 15.0. The van der Waals surface area contributed by atoms with E-state index in [9.17, 15) is 0 Å². The van der Waals surface area contributed by atoms with Crippen LogP contribution in [0.1, 0.15) is 11.1 Å². The summed E-state index contributed by atoms with van der Waals surface area (Å²) < 4.78 is 2.00. The topological polar surface area (TPSA) is 42.7 Å². The molecule has 2 heterocycles. The first-order valence-corrected chi connectivity index (χ1v) is 7.09. The number of pyridine rings is 1. The fraction of sp³-hybridized carbons (Fsp3) is 0.176. The van der Waals surface area contributed by atoms with Crippen LogP contribution in [0.3, 0.4) is 0 Å².